The van der Waals surface area contributed by atoms with E-state index in [0.29, 0.717) is 5.78 Å². The molecule has 1 fully saturated rings. The SMILES string of the molecule is C=C/C=C\C.C=O.CC=O.CCC1CCCCC1.CC[C@H](C)C(C)=O. The lowest BCUT2D eigenvalue weighted by molar-refractivity contribution is -0.120. The number of ketones is 1. The summed E-state index contributed by atoms with van der Waals surface area (Å²) in [6.45, 7) is 16.8. The Hall–Kier alpha value is -1.51. The Labute approximate surface area is 157 Å². The van der Waals surface area contributed by atoms with Gasteiger partial charge in [-0.1, -0.05) is 84.1 Å². The molecule has 1 aliphatic carbocycles. The van der Waals surface area contributed by atoms with E-state index >= 15 is 0 Å². The molecule has 1 rings (SSSR count). The summed E-state index contributed by atoms with van der Waals surface area (Å²) in [4.78, 5) is 27.2. The van der Waals surface area contributed by atoms with E-state index in [1.165, 1.54) is 45.4 Å². The van der Waals surface area contributed by atoms with Crippen LogP contribution in [0.2, 0.25) is 0 Å². The molecule has 25 heavy (non-hydrogen) atoms. The van der Waals surface area contributed by atoms with Gasteiger partial charge in [-0.25, -0.2) is 0 Å². The third-order valence-corrected chi connectivity index (χ3v) is 3.94. The van der Waals surface area contributed by atoms with E-state index in [0.717, 1.165) is 18.6 Å². The molecule has 0 saturated heterocycles. The smallest absolute Gasteiger partial charge is 0.132 e. The summed E-state index contributed by atoms with van der Waals surface area (Å²) in [5, 5.41) is 0. The molecule has 148 valence electrons. The van der Waals surface area contributed by atoms with Crippen molar-refractivity contribution in [3.8, 4) is 0 Å². The highest BCUT2D eigenvalue weighted by atomic mass is 16.1. The average Bonchev–Trinajstić information content (AvgIpc) is 2.65. The van der Waals surface area contributed by atoms with Crippen LogP contribution in [-0.4, -0.2) is 18.9 Å². The van der Waals surface area contributed by atoms with Crippen molar-refractivity contribution < 1.29 is 14.4 Å². The van der Waals surface area contributed by atoms with Gasteiger partial charge in [-0.15, -0.1) is 0 Å². The van der Waals surface area contributed by atoms with Crippen LogP contribution in [0.5, 0.6) is 0 Å². The van der Waals surface area contributed by atoms with Gasteiger partial charge < -0.3 is 9.59 Å². The van der Waals surface area contributed by atoms with Gasteiger partial charge in [-0.2, -0.15) is 0 Å². The molecule has 0 unspecified atom stereocenters. The maximum Gasteiger partial charge on any atom is 0.132 e. The van der Waals surface area contributed by atoms with Crippen LogP contribution in [0.15, 0.2) is 24.8 Å². The van der Waals surface area contributed by atoms with Crippen molar-refractivity contribution in [1.82, 2.24) is 0 Å². The number of hydrogen-bond donors (Lipinski definition) is 0. The molecule has 0 aliphatic heterocycles. The third kappa shape index (κ3) is 34.7. The third-order valence-electron chi connectivity index (χ3n) is 3.94. The largest absolute Gasteiger partial charge is 0.307 e. The average molecular weight is 355 g/mol. The number of Topliss-reactive ketones (excluding diaryl/α,β-unsaturated/α-hetero) is 1. The van der Waals surface area contributed by atoms with Crippen molar-refractivity contribution in [1.29, 1.82) is 0 Å². The quantitative estimate of drug-likeness (QED) is 0.435. The molecule has 0 N–H and O–H groups in total. The fourth-order valence-corrected chi connectivity index (χ4v) is 2.02. The molecule has 3 nitrogen and oxygen atoms in total. The summed E-state index contributed by atoms with van der Waals surface area (Å²) in [7, 11) is 0. The summed E-state index contributed by atoms with van der Waals surface area (Å²) >= 11 is 0. The Morgan fingerprint density at radius 1 is 1.12 bits per heavy atom. The maximum atomic E-state index is 10.4. The Morgan fingerprint density at radius 3 is 1.68 bits per heavy atom. The van der Waals surface area contributed by atoms with Crippen molar-refractivity contribution in [2.75, 3.05) is 0 Å². The molecule has 1 atom stereocenters. The highest BCUT2D eigenvalue weighted by molar-refractivity contribution is 5.77. The zero-order valence-corrected chi connectivity index (χ0v) is 17.6. The summed E-state index contributed by atoms with van der Waals surface area (Å²) in [6.07, 6.45) is 16.2. The normalized spacial score (nSPS) is 13.8. The van der Waals surface area contributed by atoms with E-state index in [9.17, 15) is 4.79 Å². The molecule has 1 aliphatic rings. The predicted molar refractivity (Wildman–Crippen MR) is 111 cm³/mol. The first-order chi connectivity index (χ1) is 11.9. The predicted octanol–water partition coefficient (Wildman–Crippen LogP) is 6.37. The number of aldehydes is 1. The fraction of sp³-hybridized carbons (Fsp3) is 0.682. The van der Waals surface area contributed by atoms with Gasteiger partial charge in [0.1, 0.15) is 18.9 Å². The van der Waals surface area contributed by atoms with Crippen LogP contribution in [-0.2, 0) is 14.4 Å². The Bertz CT molecular complexity index is 302. The molecule has 0 radical (unpaired) electrons. The van der Waals surface area contributed by atoms with E-state index in [1.807, 2.05) is 39.7 Å². The lowest BCUT2D eigenvalue weighted by Gasteiger charge is -2.18. The standard InChI is InChI=1S/C8H16.C6H12O.C5H8.C2H4O.CH2O/c1-2-8-6-4-3-5-7-8;1-4-5(2)6(3)7;1-3-5-4-2;1-2-3;1-2/h8H,2-7H2,1H3;5H,4H2,1-3H3;3-5H,1H2,2H3;2H,1H3;1H2/b;;5-4-;;/t;5-;;;/m.0.../s1. The Balaban J connectivity index is -0.000000120. The van der Waals surface area contributed by atoms with Crippen LogP contribution in [0.1, 0.15) is 86.5 Å². The van der Waals surface area contributed by atoms with E-state index in [-0.39, 0.29) is 5.92 Å². The van der Waals surface area contributed by atoms with Crippen LogP contribution in [0.4, 0.5) is 0 Å². The molecule has 1 saturated carbocycles. The van der Waals surface area contributed by atoms with Crippen molar-refractivity contribution in [2.45, 2.75) is 86.5 Å². The Kier molecular flexibility index (Phi) is 38.0. The molecule has 0 aromatic heterocycles. The van der Waals surface area contributed by atoms with Crippen molar-refractivity contribution in [2.24, 2.45) is 11.8 Å². The van der Waals surface area contributed by atoms with Gasteiger partial charge in [0.2, 0.25) is 0 Å². The van der Waals surface area contributed by atoms with Crippen LogP contribution < -0.4 is 0 Å². The van der Waals surface area contributed by atoms with Gasteiger partial charge in [-0.05, 0) is 33.1 Å². The number of rotatable bonds is 4. The molecule has 0 bridgehead atoms. The molecule has 0 aromatic carbocycles. The molecule has 0 amide bonds. The summed E-state index contributed by atoms with van der Waals surface area (Å²) < 4.78 is 0. The van der Waals surface area contributed by atoms with Crippen LogP contribution in [0.25, 0.3) is 0 Å². The summed E-state index contributed by atoms with van der Waals surface area (Å²) in [5.74, 6) is 1.64. The van der Waals surface area contributed by atoms with Gasteiger partial charge in [0.15, 0.2) is 0 Å². The van der Waals surface area contributed by atoms with Gasteiger partial charge in [0, 0.05) is 5.92 Å². The van der Waals surface area contributed by atoms with Crippen molar-refractivity contribution in [3.63, 3.8) is 0 Å². The topological polar surface area (TPSA) is 51.2 Å². The summed E-state index contributed by atoms with van der Waals surface area (Å²) in [5.41, 5.74) is 0. The number of allylic oxidation sites excluding steroid dienone is 3. The molecule has 0 spiro atoms. The van der Waals surface area contributed by atoms with Crippen LogP contribution in [0.3, 0.4) is 0 Å². The maximum absolute atomic E-state index is 10.4. The lowest BCUT2D eigenvalue weighted by Crippen LogP contribution is -2.03. The first kappa shape index (κ1) is 31.3. The second kappa shape index (κ2) is 30.4. The molecule has 0 heterocycles. The monoisotopic (exact) mass is 354 g/mol. The summed E-state index contributed by atoms with van der Waals surface area (Å²) in [6, 6.07) is 0. The van der Waals surface area contributed by atoms with E-state index < -0.39 is 0 Å². The van der Waals surface area contributed by atoms with E-state index in [4.69, 9.17) is 9.59 Å². The van der Waals surface area contributed by atoms with Gasteiger partial charge in [0.05, 0.1) is 0 Å². The highest BCUT2D eigenvalue weighted by Gasteiger charge is 2.09. The number of hydrogen-bond acceptors (Lipinski definition) is 3. The van der Waals surface area contributed by atoms with Crippen molar-refractivity contribution in [3.05, 3.63) is 24.8 Å². The zero-order chi connectivity index (χ0) is 20.5. The minimum Gasteiger partial charge on any atom is -0.307 e. The van der Waals surface area contributed by atoms with E-state index in [2.05, 4.69) is 13.5 Å². The van der Waals surface area contributed by atoms with Crippen LogP contribution in [0, 0.1) is 11.8 Å². The van der Waals surface area contributed by atoms with Gasteiger partial charge in [0.25, 0.3) is 0 Å². The molecular weight excluding hydrogens is 312 g/mol. The first-order valence-corrected chi connectivity index (χ1v) is 9.37. The second-order valence-corrected chi connectivity index (χ2v) is 5.83. The van der Waals surface area contributed by atoms with Crippen molar-refractivity contribution >= 4 is 18.9 Å². The van der Waals surface area contributed by atoms with Crippen LogP contribution >= 0.6 is 0 Å². The van der Waals surface area contributed by atoms with E-state index in [1.54, 1.807) is 13.0 Å². The minimum atomic E-state index is 0.264. The lowest BCUT2D eigenvalue weighted by atomic mass is 9.88. The highest BCUT2D eigenvalue weighted by Crippen LogP contribution is 2.25. The molecule has 0 aromatic rings. The molecule has 3 heteroatoms. The Morgan fingerprint density at radius 2 is 1.56 bits per heavy atom. The van der Waals surface area contributed by atoms with Gasteiger partial charge >= 0.3 is 0 Å². The second-order valence-electron chi connectivity index (χ2n) is 5.83. The zero-order valence-electron chi connectivity index (χ0n) is 17.6. The first-order valence-electron chi connectivity index (χ1n) is 9.37. The van der Waals surface area contributed by atoms with Gasteiger partial charge in [-0.3, -0.25) is 4.79 Å². The number of carbonyl (C=O) groups is 3. The number of carbonyl (C=O) groups excluding carboxylic acids is 3. The minimum absolute atomic E-state index is 0.264. The molecular formula is C22H42O3. The fourth-order valence-electron chi connectivity index (χ4n) is 2.02.